The molecule has 1 fully saturated rings. The standard InChI is InChI=1S/C13H22N2O/c1-4-11(3)15-12(16)13(9-14)7-5-10(2)6-8-13/h1,10-11H,5-9,14H2,2-3H3,(H,15,16). The Morgan fingerprint density at radius 3 is 2.62 bits per heavy atom. The van der Waals surface area contributed by atoms with Gasteiger partial charge < -0.3 is 11.1 Å². The minimum atomic E-state index is -0.377. The van der Waals surface area contributed by atoms with Crippen molar-refractivity contribution in [1.82, 2.24) is 5.32 Å². The molecule has 0 radical (unpaired) electrons. The van der Waals surface area contributed by atoms with Crippen molar-refractivity contribution in [2.45, 2.75) is 45.6 Å². The Hall–Kier alpha value is -1.01. The van der Waals surface area contributed by atoms with Crippen molar-refractivity contribution >= 4 is 5.91 Å². The second kappa shape index (κ2) is 5.36. The van der Waals surface area contributed by atoms with E-state index in [9.17, 15) is 4.79 Å². The summed E-state index contributed by atoms with van der Waals surface area (Å²) in [5, 5.41) is 2.85. The molecule has 0 aromatic rings. The van der Waals surface area contributed by atoms with Crippen LogP contribution in [0.2, 0.25) is 0 Å². The number of nitrogens with one attached hydrogen (secondary N) is 1. The Morgan fingerprint density at radius 2 is 2.19 bits per heavy atom. The van der Waals surface area contributed by atoms with Gasteiger partial charge in [0.05, 0.1) is 11.5 Å². The third-order valence-electron chi connectivity index (χ3n) is 3.70. The highest BCUT2D eigenvalue weighted by atomic mass is 16.2. The van der Waals surface area contributed by atoms with Crippen molar-refractivity contribution in [2.24, 2.45) is 17.1 Å². The van der Waals surface area contributed by atoms with Crippen LogP contribution in [-0.4, -0.2) is 18.5 Å². The zero-order valence-corrected chi connectivity index (χ0v) is 10.3. The first kappa shape index (κ1) is 13.1. The molecule has 3 heteroatoms. The van der Waals surface area contributed by atoms with Crippen LogP contribution in [0.1, 0.15) is 39.5 Å². The first-order valence-electron chi connectivity index (χ1n) is 6.01. The second-order valence-electron chi connectivity index (χ2n) is 5.03. The maximum absolute atomic E-state index is 12.1. The number of terminal acetylenes is 1. The third kappa shape index (κ3) is 2.76. The minimum Gasteiger partial charge on any atom is -0.342 e. The predicted molar refractivity (Wildman–Crippen MR) is 65.6 cm³/mol. The number of carbonyl (C=O) groups is 1. The fourth-order valence-corrected chi connectivity index (χ4v) is 2.23. The zero-order valence-electron chi connectivity index (χ0n) is 10.3. The van der Waals surface area contributed by atoms with Gasteiger partial charge in [-0.25, -0.2) is 0 Å². The number of hydrogen-bond acceptors (Lipinski definition) is 2. The molecular formula is C13H22N2O. The molecule has 1 rings (SSSR count). The van der Waals surface area contributed by atoms with Gasteiger partial charge >= 0.3 is 0 Å². The molecule has 90 valence electrons. The van der Waals surface area contributed by atoms with Crippen LogP contribution in [0.25, 0.3) is 0 Å². The van der Waals surface area contributed by atoms with Gasteiger partial charge in [-0.05, 0) is 38.5 Å². The lowest BCUT2D eigenvalue weighted by Gasteiger charge is -2.37. The first-order valence-corrected chi connectivity index (χ1v) is 6.01. The maximum atomic E-state index is 12.1. The SMILES string of the molecule is C#CC(C)NC(=O)C1(CN)CCC(C)CC1. The average molecular weight is 222 g/mol. The van der Waals surface area contributed by atoms with E-state index in [1.165, 1.54) is 0 Å². The van der Waals surface area contributed by atoms with Crippen LogP contribution in [-0.2, 0) is 4.79 Å². The van der Waals surface area contributed by atoms with E-state index in [1.54, 1.807) is 0 Å². The molecule has 1 unspecified atom stereocenters. The summed E-state index contributed by atoms with van der Waals surface area (Å²) in [5.41, 5.74) is 5.41. The summed E-state index contributed by atoms with van der Waals surface area (Å²) in [7, 11) is 0. The van der Waals surface area contributed by atoms with E-state index in [1.807, 2.05) is 6.92 Å². The Bertz CT molecular complexity index is 285. The molecule has 1 saturated carbocycles. The molecule has 0 aromatic carbocycles. The highest BCUT2D eigenvalue weighted by Crippen LogP contribution is 2.38. The van der Waals surface area contributed by atoms with E-state index in [0.717, 1.165) is 25.7 Å². The predicted octanol–water partition coefficient (Wildman–Crippen LogP) is 1.28. The van der Waals surface area contributed by atoms with Gasteiger partial charge in [0.1, 0.15) is 0 Å². The Kier molecular flexibility index (Phi) is 4.37. The highest BCUT2D eigenvalue weighted by Gasteiger charge is 2.39. The summed E-state index contributed by atoms with van der Waals surface area (Å²) in [6.45, 7) is 4.46. The van der Waals surface area contributed by atoms with Crippen LogP contribution in [0.5, 0.6) is 0 Å². The van der Waals surface area contributed by atoms with E-state index >= 15 is 0 Å². The number of rotatable bonds is 3. The average Bonchev–Trinajstić information content (AvgIpc) is 2.30. The fraction of sp³-hybridized carbons (Fsp3) is 0.769. The summed E-state index contributed by atoms with van der Waals surface area (Å²) >= 11 is 0. The summed E-state index contributed by atoms with van der Waals surface area (Å²) < 4.78 is 0. The van der Waals surface area contributed by atoms with Gasteiger partial charge in [-0.2, -0.15) is 0 Å². The molecule has 0 heterocycles. The lowest BCUT2D eigenvalue weighted by atomic mass is 9.70. The van der Waals surface area contributed by atoms with Gasteiger partial charge in [-0.15, -0.1) is 6.42 Å². The smallest absolute Gasteiger partial charge is 0.228 e. The topological polar surface area (TPSA) is 55.1 Å². The van der Waals surface area contributed by atoms with Gasteiger partial charge in [0.15, 0.2) is 0 Å². The number of carbonyl (C=O) groups excluding carboxylic acids is 1. The van der Waals surface area contributed by atoms with Crippen molar-refractivity contribution < 1.29 is 4.79 Å². The largest absolute Gasteiger partial charge is 0.342 e. The van der Waals surface area contributed by atoms with Crippen molar-refractivity contribution in [3.63, 3.8) is 0 Å². The van der Waals surface area contributed by atoms with Crippen molar-refractivity contribution in [1.29, 1.82) is 0 Å². The minimum absolute atomic E-state index is 0.0346. The van der Waals surface area contributed by atoms with E-state index in [-0.39, 0.29) is 17.4 Å². The number of nitrogens with two attached hydrogens (primary N) is 1. The normalized spacial score (nSPS) is 31.5. The molecule has 0 aliphatic heterocycles. The molecule has 16 heavy (non-hydrogen) atoms. The van der Waals surface area contributed by atoms with Crippen molar-refractivity contribution in [2.75, 3.05) is 6.54 Å². The summed E-state index contributed by atoms with van der Waals surface area (Å²) in [5.74, 6) is 3.25. The molecule has 1 amide bonds. The summed E-state index contributed by atoms with van der Waals surface area (Å²) in [6.07, 6.45) is 9.18. The van der Waals surface area contributed by atoms with E-state index in [2.05, 4.69) is 18.2 Å². The van der Waals surface area contributed by atoms with Crippen molar-refractivity contribution in [3.05, 3.63) is 0 Å². The quantitative estimate of drug-likeness (QED) is 0.707. The molecule has 0 aromatic heterocycles. The summed E-state index contributed by atoms with van der Waals surface area (Å²) in [4.78, 5) is 12.1. The van der Waals surface area contributed by atoms with Crippen molar-refractivity contribution in [3.8, 4) is 12.3 Å². The molecule has 1 atom stereocenters. The molecule has 0 bridgehead atoms. The van der Waals surface area contributed by atoms with E-state index in [0.29, 0.717) is 12.5 Å². The van der Waals surface area contributed by atoms with Crippen LogP contribution < -0.4 is 11.1 Å². The molecule has 1 aliphatic carbocycles. The molecule has 0 spiro atoms. The van der Waals surface area contributed by atoms with Gasteiger partial charge in [0.25, 0.3) is 0 Å². The van der Waals surface area contributed by atoms with Crippen LogP contribution in [0.4, 0.5) is 0 Å². The lowest BCUT2D eigenvalue weighted by molar-refractivity contribution is -0.133. The van der Waals surface area contributed by atoms with Gasteiger partial charge in [-0.3, -0.25) is 4.79 Å². The maximum Gasteiger partial charge on any atom is 0.228 e. The van der Waals surface area contributed by atoms with Gasteiger partial charge in [0, 0.05) is 6.54 Å². The van der Waals surface area contributed by atoms with Crippen LogP contribution in [0, 0.1) is 23.7 Å². The molecule has 3 N–H and O–H groups in total. The Morgan fingerprint density at radius 1 is 1.62 bits per heavy atom. The van der Waals surface area contributed by atoms with Gasteiger partial charge in [0.2, 0.25) is 5.91 Å². The molecule has 0 saturated heterocycles. The molecule has 3 nitrogen and oxygen atoms in total. The third-order valence-corrected chi connectivity index (χ3v) is 3.70. The Balaban J connectivity index is 2.66. The lowest BCUT2D eigenvalue weighted by Crippen LogP contribution is -2.50. The number of amides is 1. The summed E-state index contributed by atoms with van der Waals surface area (Å²) in [6, 6.07) is -0.213. The Labute approximate surface area is 98.2 Å². The monoisotopic (exact) mass is 222 g/mol. The zero-order chi connectivity index (χ0) is 12.2. The van der Waals surface area contributed by atoms with Crippen LogP contribution in [0.3, 0.4) is 0 Å². The highest BCUT2D eigenvalue weighted by molar-refractivity contribution is 5.83. The van der Waals surface area contributed by atoms with Crippen LogP contribution >= 0.6 is 0 Å². The van der Waals surface area contributed by atoms with Gasteiger partial charge in [-0.1, -0.05) is 12.8 Å². The first-order chi connectivity index (χ1) is 7.54. The van der Waals surface area contributed by atoms with E-state index < -0.39 is 0 Å². The second-order valence-corrected chi connectivity index (χ2v) is 5.03. The number of hydrogen-bond donors (Lipinski definition) is 2. The fourth-order valence-electron chi connectivity index (χ4n) is 2.23. The van der Waals surface area contributed by atoms with Crippen LogP contribution in [0.15, 0.2) is 0 Å². The van der Waals surface area contributed by atoms with E-state index in [4.69, 9.17) is 12.2 Å². The molecule has 1 aliphatic rings. The molecular weight excluding hydrogens is 200 g/mol.